The van der Waals surface area contributed by atoms with Gasteiger partial charge in [-0.2, -0.15) is 0 Å². The van der Waals surface area contributed by atoms with Crippen molar-refractivity contribution in [2.24, 2.45) is 0 Å². The number of hydrogen-bond acceptors (Lipinski definition) is 5. The van der Waals surface area contributed by atoms with Crippen LogP contribution in [0.3, 0.4) is 0 Å². The van der Waals surface area contributed by atoms with Crippen LogP contribution in [0.5, 0.6) is 0 Å². The lowest BCUT2D eigenvalue weighted by molar-refractivity contribution is 0.193. The van der Waals surface area contributed by atoms with Crippen LogP contribution in [0.25, 0.3) is 0 Å². The number of piperazine rings is 1. The first-order chi connectivity index (χ1) is 12.8. The summed E-state index contributed by atoms with van der Waals surface area (Å²) in [5.74, 6) is 0.556. The Labute approximate surface area is 160 Å². The molecular formula is C20H29N5O2. The number of benzene rings is 1. The van der Waals surface area contributed by atoms with Crippen molar-refractivity contribution >= 4 is 12.0 Å². The van der Waals surface area contributed by atoms with E-state index >= 15 is 0 Å². The van der Waals surface area contributed by atoms with E-state index < -0.39 is 0 Å². The van der Waals surface area contributed by atoms with Gasteiger partial charge in [-0.3, -0.25) is 0 Å². The van der Waals surface area contributed by atoms with Gasteiger partial charge >= 0.3 is 12.0 Å². The molecule has 3 rings (SSSR count). The second-order valence-corrected chi connectivity index (χ2v) is 8.01. The monoisotopic (exact) mass is 371 g/mol. The van der Waals surface area contributed by atoms with Crippen molar-refractivity contribution in [3.05, 3.63) is 41.3 Å². The molecule has 0 spiro atoms. The first kappa shape index (κ1) is 19.2. The van der Waals surface area contributed by atoms with E-state index in [1.54, 1.807) is 6.92 Å². The van der Waals surface area contributed by atoms with E-state index in [0.717, 1.165) is 6.42 Å². The van der Waals surface area contributed by atoms with Gasteiger partial charge < -0.3 is 19.5 Å². The minimum absolute atomic E-state index is 0.0114. The molecule has 1 aromatic carbocycles. The smallest absolute Gasteiger partial charge is 0.318 e. The van der Waals surface area contributed by atoms with Crippen LogP contribution >= 0.6 is 0 Å². The Balaban J connectivity index is 1.41. The molecule has 7 heteroatoms. The highest BCUT2D eigenvalue weighted by atomic mass is 16.4. The van der Waals surface area contributed by atoms with Crippen LogP contribution in [-0.4, -0.2) is 53.9 Å². The zero-order valence-corrected chi connectivity index (χ0v) is 16.7. The van der Waals surface area contributed by atoms with Gasteiger partial charge in [0.05, 0.1) is 0 Å². The third kappa shape index (κ3) is 4.99. The first-order valence-corrected chi connectivity index (χ1v) is 9.50. The summed E-state index contributed by atoms with van der Waals surface area (Å²) in [5.41, 5.74) is 2.72. The quantitative estimate of drug-likeness (QED) is 0.894. The Morgan fingerprint density at radius 1 is 1.11 bits per heavy atom. The van der Waals surface area contributed by atoms with Gasteiger partial charge in [-0.1, -0.05) is 50.1 Å². The van der Waals surface area contributed by atoms with Gasteiger partial charge in [0, 0.05) is 39.6 Å². The fraction of sp³-hybridized carbons (Fsp3) is 0.550. The van der Waals surface area contributed by atoms with Crippen molar-refractivity contribution in [1.82, 2.24) is 20.4 Å². The lowest BCUT2D eigenvalue weighted by atomic mass is 9.86. The van der Waals surface area contributed by atoms with Crippen LogP contribution in [0.15, 0.2) is 28.7 Å². The molecule has 1 saturated heterocycles. The Hall–Kier alpha value is -2.57. The molecule has 2 aromatic rings. The average molecular weight is 371 g/mol. The highest BCUT2D eigenvalue weighted by molar-refractivity contribution is 5.74. The van der Waals surface area contributed by atoms with Gasteiger partial charge in [0.15, 0.2) is 0 Å². The van der Waals surface area contributed by atoms with Gasteiger partial charge in [0.25, 0.3) is 0 Å². The fourth-order valence-corrected chi connectivity index (χ4v) is 3.11. The second-order valence-electron chi connectivity index (χ2n) is 8.01. The van der Waals surface area contributed by atoms with Crippen molar-refractivity contribution in [2.45, 2.75) is 39.5 Å². The van der Waals surface area contributed by atoms with Gasteiger partial charge in [-0.25, -0.2) is 4.79 Å². The number of carbonyl (C=O) groups is 1. The van der Waals surface area contributed by atoms with Gasteiger partial charge in [0.1, 0.15) is 0 Å². The summed E-state index contributed by atoms with van der Waals surface area (Å²) < 4.78 is 5.45. The lowest BCUT2D eigenvalue weighted by Gasteiger charge is -2.33. The van der Waals surface area contributed by atoms with Crippen molar-refractivity contribution < 1.29 is 9.21 Å². The van der Waals surface area contributed by atoms with E-state index in [1.165, 1.54) is 11.1 Å². The number of nitrogens with zero attached hydrogens (tertiary/aromatic N) is 4. The number of hydrogen-bond donors (Lipinski definition) is 1. The maximum atomic E-state index is 12.4. The molecule has 1 aromatic heterocycles. The molecule has 1 aliphatic rings. The zero-order chi connectivity index (χ0) is 19.4. The van der Waals surface area contributed by atoms with Crippen molar-refractivity contribution in [2.75, 3.05) is 37.6 Å². The third-order valence-electron chi connectivity index (χ3n) is 4.86. The van der Waals surface area contributed by atoms with Gasteiger partial charge in [-0.15, -0.1) is 5.10 Å². The summed E-state index contributed by atoms with van der Waals surface area (Å²) in [5, 5.41) is 10.9. The average Bonchev–Trinajstić information content (AvgIpc) is 3.08. The summed E-state index contributed by atoms with van der Waals surface area (Å²) >= 11 is 0. The number of anilines is 1. The van der Waals surface area contributed by atoms with Crippen molar-refractivity contribution in [3.8, 4) is 0 Å². The molecule has 0 atom stereocenters. The van der Waals surface area contributed by atoms with Crippen LogP contribution < -0.4 is 10.2 Å². The molecule has 1 aliphatic heterocycles. The maximum absolute atomic E-state index is 12.4. The molecule has 27 heavy (non-hydrogen) atoms. The zero-order valence-electron chi connectivity index (χ0n) is 16.7. The number of amides is 2. The molecule has 1 fully saturated rings. The SMILES string of the molecule is Cc1nnc(N2CCN(C(=O)NCCc3ccc(C(C)(C)C)cc3)CC2)o1. The summed E-state index contributed by atoms with van der Waals surface area (Å²) in [4.78, 5) is 16.2. The molecule has 1 N–H and O–H groups in total. The summed E-state index contributed by atoms with van der Waals surface area (Å²) in [6.07, 6.45) is 0.831. The number of aromatic nitrogens is 2. The predicted molar refractivity (Wildman–Crippen MR) is 105 cm³/mol. The summed E-state index contributed by atoms with van der Waals surface area (Å²) in [7, 11) is 0. The van der Waals surface area contributed by atoms with Crippen molar-refractivity contribution in [1.29, 1.82) is 0 Å². The molecule has 7 nitrogen and oxygen atoms in total. The number of aryl methyl sites for hydroxylation is 1. The molecule has 146 valence electrons. The molecule has 2 heterocycles. The maximum Gasteiger partial charge on any atom is 0.318 e. The van der Waals surface area contributed by atoms with Crippen LogP contribution in [0.4, 0.5) is 10.8 Å². The van der Waals surface area contributed by atoms with E-state index in [2.05, 4.69) is 60.6 Å². The van der Waals surface area contributed by atoms with Crippen LogP contribution in [0.2, 0.25) is 0 Å². The Morgan fingerprint density at radius 2 is 1.78 bits per heavy atom. The van der Waals surface area contributed by atoms with E-state index in [9.17, 15) is 4.79 Å². The Kier molecular flexibility index (Phi) is 5.68. The van der Waals surface area contributed by atoms with E-state index in [0.29, 0.717) is 44.6 Å². The minimum Gasteiger partial charge on any atom is -0.408 e. The molecule has 0 saturated carbocycles. The number of urea groups is 1. The fourth-order valence-electron chi connectivity index (χ4n) is 3.11. The van der Waals surface area contributed by atoms with E-state index in [-0.39, 0.29) is 11.4 Å². The normalized spacial score (nSPS) is 15.1. The van der Waals surface area contributed by atoms with Gasteiger partial charge in [-0.05, 0) is 23.0 Å². The number of carbonyl (C=O) groups excluding carboxylic acids is 1. The van der Waals surface area contributed by atoms with Crippen LogP contribution in [0.1, 0.15) is 37.8 Å². The molecule has 0 radical (unpaired) electrons. The molecule has 0 aliphatic carbocycles. The van der Waals surface area contributed by atoms with E-state index in [1.807, 2.05) is 9.80 Å². The number of nitrogens with one attached hydrogen (secondary N) is 1. The van der Waals surface area contributed by atoms with E-state index in [4.69, 9.17) is 4.42 Å². The third-order valence-corrected chi connectivity index (χ3v) is 4.86. The summed E-state index contributed by atoms with van der Waals surface area (Å²) in [6, 6.07) is 9.18. The lowest BCUT2D eigenvalue weighted by Crippen LogP contribution is -2.52. The van der Waals surface area contributed by atoms with Crippen LogP contribution in [-0.2, 0) is 11.8 Å². The Morgan fingerprint density at radius 3 is 2.33 bits per heavy atom. The highest BCUT2D eigenvalue weighted by Gasteiger charge is 2.23. The first-order valence-electron chi connectivity index (χ1n) is 9.50. The topological polar surface area (TPSA) is 74.5 Å². The summed E-state index contributed by atoms with van der Waals surface area (Å²) in [6.45, 7) is 11.7. The van der Waals surface area contributed by atoms with Crippen molar-refractivity contribution in [3.63, 3.8) is 0 Å². The molecule has 0 unspecified atom stereocenters. The minimum atomic E-state index is -0.0114. The predicted octanol–water partition coefficient (Wildman–Crippen LogP) is 2.75. The van der Waals surface area contributed by atoms with Crippen LogP contribution in [0, 0.1) is 6.92 Å². The molecule has 2 amide bonds. The number of rotatable bonds is 4. The largest absolute Gasteiger partial charge is 0.408 e. The standard InChI is InChI=1S/C20H29N5O2/c1-15-22-23-19(27-15)25-13-11-24(12-14-25)18(26)21-10-9-16-5-7-17(8-6-16)20(2,3)4/h5-8H,9-14H2,1-4H3,(H,21,26). The second kappa shape index (κ2) is 7.98. The Bertz CT molecular complexity index is 755. The molecular weight excluding hydrogens is 342 g/mol. The van der Waals surface area contributed by atoms with Gasteiger partial charge in [0.2, 0.25) is 5.89 Å². The molecule has 0 bridgehead atoms. The highest BCUT2D eigenvalue weighted by Crippen LogP contribution is 2.22.